The minimum Gasteiger partial charge on any atom is -0.481 e. The third-order valence-electron chi connectivity index (χ3n) is 0.992. The molecule has 1 atom stereocenters. The summed E-state index contributed by atoms with van der Waals surface area (Å²) in [6.07, 6.45) is -0.542. The third kappa shape index (κ3) is 3.87. The zero-order chi connectivity index (χ0) is 8.20. The summed E-state index contributed by atoms with van der Waals surface area (Å²) < 4.78 is 0. The summed E-state index contributed by atoms with van der Waals surface area (Å²) in [5, 5.41) is 25.4. The highest BCUT2D eigenvalue weighted by molar-refractivity contribution is 5.68. The Balaban J connectivity index is 3.89. The van der Waals surface area contributed by atoms with Gasteiger partial charge in [0.05, 0.1) is 24.5 Å². The molecule has 2 N–H and O–H groups in total. The van der Waals surface area contributed by atoms with Crippen LogP contribution in [-0.4, -0.2) is 21.8 Å². The maximum Gasteiger partial charge on any atom is 0.306 e. The molecule has 4 nitrogen and oxygen atoms in total. The number of nitriles is 1. The van der Waals surface area contributed by atoms with Gasteiger partial charge in [-0.05, 0) is 6.92 Å². The van der Waals surface area contributed by atoms with E-state index in [-0.39, 0.29) is 12.8 Å². The number of carboxylic acids is 1. The van der Waals surface area contributed by atoms with Gasteiger partial charge in [-0.15, -0.1) is 0 Å². The fraction of sp³-hybridized carbons (Fsp3) is 0.667. The quantitative estimate of drug-likeness (QED) is 0.588. The number of aliphatic carboxylic acids is 1. The molecule has 0 aromatic heterocycles. The van der Waals surface area contributed by atoms with Gasteiger partial charge in [0.25, 0.3) is 0 Å². The molecule has 0 bridgehead atoms. The van der Waals surface area contributed by atoms with Gasteiger partial charge in [0.2, 0.25) is 0 Å². The highest BCUT2D eigenvalue weighted by Crippen LogP contribution is 2.12. The van der Waals surface area contributed by atoms with Crippen LogP contribution >= 0.6 is 0 Å². The molecule has 0 spiro atoms. The summed E-state index contributed by atoms with van der Waals surface area (Å²) in [6.45, 7) is 1.32. The van der Waals surface area contributed by atoms with E-state index >= 15 is 0 Å². The van der Waals surface area contributed by atoms with Gasteiger partial charge >= 0.3 is 5.97 Å². The van der Waals surface area contributed by atoms with Crippen molar-refractivity contribution in [3.8, 4) is 6.07 Å². The van der Waals surface area contributed by atoms with Crippen molar-refractivity contribution in [2.45, 2.75) is 25.4 Å². The molecule has 0 fully saturated rings. The Labute approximate surface area is 58.7 Å². The Morgan fingerprint density at radius 2 is 2.30 bits per heavy atom. The number of hydrogen-bond acceptors (Lipinski definition) is 3. The second-order valence-corrected chi connectivity index (χ2v) is 2.40. The summed E-state index contributed by atoms with van der Waals surface area (Å²) in [7, 11) is 0. The monoisotopic (exact) mass is 143 g/mol. The molecular weight excluding hydrogens is 134 g/mol. The van der Waals surface area contributed by atoms with E-state index in [0.717, 1.165) is 0 Å². The van der Waals surface area contributed by atoms with Gasteiger partial charge in [0.15, 0.2) is 0 Å². The lowest BCUT2D eigenvalue weighted by Gasteiger charge is -2.15. The molecule has 0 aromatic carbocycles. The molecule has 0 saturated heterocycles. The Kier molecular flexibility index (Phi) is 2.84. The molecule has 0 heterocycles. The van der Waals surface area contributed by atoms with Crippen LogP contribution in [0, 0.1) is 11.3 Å². The average Bonchev–Trinajstić information content (AvgIpc) is 1.59. The van der Waals surface area contributed by atoms with Crippen molar-refractivity contribution >= 4 is 5.97 Å². The molecule has 0 aromatic rings. The maximum atomic E-state index is 10.0. The Morgan fingerprint density at radius 1 is 1.80 bits per heavy atom. The largest absolute Gasteiger partial charge is 0.481 e. The lowest BCUT2D eigenvalue weighted by Crippen LogP contribution is -2.26. The molecule has 0 amide bonds. The van der Waals surface area contributed by atoms with E-state index in [1.807, 2.05) is 0 Å². The lowest BCUT2D eigenvalue weighted by atomic mass is 9.99. The second-order valence-electron chi connectivity index (χ2n) is 2.40. The Hall–Kier alpha value is -1.08. The van der Waals surface area contributed by atoms with E-state index in [1.165, 1.54) is 6.92 Å². The molecule has 0 aliphatic carbocycles. The van der Waals surface area contributed by atoms with Crippen LogP contribution in [0.15, 0.2) is 0 Å². The van der Waals surface area contributed by atoms with Crippen LogP contribution in [0.2, 0.25) is 0 Å². The van der Waals surface area contributed by atoms with Gasteiger partial charge in [-0.25, -0.2) is 0 Å². The third-order valence-corrected chi connectivity index (χ3v) is 0.992. The van der Waals surface area contributed by atoms with Crippen LogP contribution < -0.4 is 0 Å². The Bertz CT molecular complexity index is 168. The average molecular weight is 143 g/mol. The predicted molar refractivity (Wildman–Crippen MR) is 33.1 cm³/mol. The van der Waals surface area contributed by atoms with Gasteiger partial charge in [0, 0.05) is 0 Å². The molecule has 10 heavy (non-hydrogen) atoms. The van der Waals surface area contributed by atoms with E-state index in [2.05, 4.69) is 0 Å². The molecule has 0 aliphatic rings. The number of hydrogen-bond donors (Lipinski definition) is 2. The van der Waals surface area contributed by atoms with E-state index in [4.69, 9.17) is 15.5 Å². The van der Waals surface area contributed by atoms with Crippen LogP contribution in [0.25, 0.3) is 0 Å². The molecule has 0 saturated carbocycles. The zero-order valence-electron chi connectivity index (χ0n) is 5.66. The molecular formula is C6H9NO3. The van der Waals surface area contributed by atoms with Crippen molar-refractivity contribution in [2.24, 2.45) is 0 Å². The number of carboxylic acid groups (broad SMARTS) is 1. The number of aliphatic hydroxyl groups is 1. The van der Waals surface area contributed by atoms with Crippen LogP contribution in [0.3, 0.4) is 0 Å². The first-order valence-corrected chi connectivity index (χ1v) is 2.79. The van der Waals surface area contributed by atoms with Crippen LogP contribution in [0.1, 0.15) is 19.8 Å². The predicted octanol–water partition coefficient (Wildman–Crippen LogP) is 0.126. The normalized spacial score (nSPS) is 15.3. The standard InChI is InChI=1S/C6H9NO3/c1-6(10,2-3-7)4-5(8)9/h10H,2,4H2,1H3,(H,8,9). The second kappa shape index (κ2) is 3.18. The lowest BCUT2D eigenvalue weighted by molar-refractivity contribution is -0.141. The Morgan fingerprint density at radius 3 is 2.60 bits per heavy atom. The smallest absolute Gasteiger partial charge is 0.306 e. The van der Waals surface area contributed by atoms with Crippen molar-refractivity contribution < 1.29 is 15.0 Å². The van der Waals surface area contributed by atoms with Crippen LogP contribution in [0.5, 0.6) is 0 Å². The van der Waals surface area contributed by atoms with Crippen LogP contribution in [-0.2, 0) is 4.79 Å². The summed E-state index contributed by atoms with van der Waals surface area (Å²) in [4.78, 5) is 10.0. The highest BCUT2D eigenvalue weighted by Gasteiger charge is 2.23. The molecule has 0 radical (unpaired) electrons. The van der Waals surface area contributed by atoms with Gasteiger partial charge in [-0.3, -0.25) is 4.79 Å². The summed E-state index contributed by atoms with van der Waals surface area (Å²) in [6, 6.07) is 1.70. The van der Waals surface area contributed by atoms with Crippen molar-refractivity contribution in [3.05, 3.63) is 0 Å². The maximum absolute atomic E-state index is 10.0. The minimum atomic E-state index is -1.39. The van der Waals surface area contributed by atoms with E-state index in [1.54, 1.807) is 6.07 Å². The molecule has 56 valence electrons. The highest BCUT2D eigenvalue weighted by atomic mass is 16.4. The van der Waals surface area contributed by atoms with E-state index < -0.39 is 11.6 Å². The summed E-state index contributed by atoms with van der Waals surface area (Å²) in [5.74, 6) is -1.10. The minimum absolute atomic E-state index is 0.153. The first kappa shape index (κ1) is 8.92. The molecule has 4 heteroatoms. The van der Waals surface area contributed by atoms with Gasteiger partial charge < -0.3 is 10.2 Å². The molecule has 0 aliphatic heterocycles. The summed E-state index contributed by atoms with van der Waals surface area (Å²) >= 11 is 0. The number of nitrogens with zero attached hydrogens (tertiary/aromatic N) is 1. The van der Waals surface area contributed by atoms with Crippen molar-refractivity contribution in [1.29, 1.82) is 5.26 Å². The van der Waals surface area contributed by atoms with Crippen LogP contribution in [0.4, 0.5) is 0 Å². The van der Waals surface area contributed by atoms with Gasteiger partial charge in [0.1, 0.15) is 0 Å². The molecule has 0 rings (SSSR count). The van der Waals surface area contributed by atoms with E-state index in [9.17, 15) is 4.79 Å². The topological polar surface area (TPSA) is 81.3 Å². The van der Waals surface area contributed by atoms with Crippen molar-refractivity contribution in [1.82, 2.24) is 0 Å². The van der Waals surface area contributed by atoms with Crippen molar-refractivity contribution in [2.75, 3.05) is 0 Å². The van der Waals surface area contributed by atoms with E-state index in [0.29, 0.717) is 0 Å². The fourth-order valence-corrected chi connectivity index (χ4v) is 0.559. The first-order valence-electron chi connectivity index (χ1n) is 2.79. The zero-order valence-corrected chi connectivity index (χ0v) is 5.66. The van der Waals surface area contributed by atoms with Gasteiger partial charge in [-0.1, -0.05) is 0 Å². The van der Waals surface area contributed by atoms with Crippen molar-refractivity contribution in [3.63, 3.8) is 0 Å². The number of rotatable bonds is 3. The molecule has 1 unspecified atom stereocenters. The number of carbonyl (C=O) groups is 1. The summed E-state index contributed by atoms with van der Waals surface area (Å²) in [5.41, 5.74) is -1.39. The first-order chi connectivity index (χ1) is 4.48. The fourth-order valence-electron chi connectivity index (χ4n) is 0.559. The SMILES string of the molecule is CC(O)(CC#N)CC(=O)O. The van der Waals surface area contributed by atoms with Gasteiger partial charge in [-0.2, -0.15) is 5.26 Å².